The molecule has 1 atom stereocenters. The van der Waals surface area contributed by atoms with E-state index in [4.69, 9.17) is 19.9 Å². The van der Waals surface area contributed by atoms with Crippen LogP contribution in [-0.4, -0.2) is 34.0 Å². The Kier molecular flexibility index (Phi) is 5.97. The van der Waals surface area contributed by atoms with Crippen LogP contribution in [0.1, 0.15) is 17.2 Å². The molecular weight excluding hydrogens is 218 g/mol. The summed E-state index contributed by atoms with van der Waals surface area (Å²) in [5.74, 6) is 0.846. The summed E-state index contributed by atoms with van der Waals surface area (Å²) in [6.45, 7) is 3.68. The first-order chi connectivity index (χ1) is 8.19. The summed E-state index contributed by atoms with van der Waals surface area (Å²) >= 11 is 0. The lowest BCUT2D eigenvalue weighted by atomic mass is 10.0. The molecule has 0 aliphatic carbocycles. The van der Waals surface area contributed by atoms with Crippen molar-refractivity contribution in [3.63, 3.8) is 0 Å². The number of methoxy groups -OCH3 is 2. The Balaban J connectivity index is 2.53. The maximum Gasteiger partial charge on any atom is 0.119 e. The average molecular weight is 239 g/mol. The van der Waals surface area contributed by atoms with Gasteiger partial charge in [-0.25, -0.2) is 0 Å². The molecule has 4 nitrogen and oxygen atoms in total. The smallest absolute Gasteiger partial charge is 0.119 e. The molecule has 0 heterocycles. The van der Waals surface area contributed by atoms with Gasteiger partial charge in [-0.1, -0.05) is 6.07 Å². The fourth-order valence-electron chi connectivity index (χ4n) is 1.63. The van der Waals surface area contributed by atoms with Crippen LogP contribution < -0.4 is 10.5 Å². The second kappa shape index (κ2) is 7.27. The zero-order valence-corrected chi connectivity index (χ0v) is 10.7. The maximum absolute atomic E-state index is 6.06. The molecule has 17 heavy (non-hydrogen) atoms. The zero-order chi connectivity index (χ0) is 12.7. The summed E-state index contributed by atoms with van der Waals surface area (Å²) in [4.78, 5) is 0. The molecule has 0 saturated heterocycles. The molecule has 0 aliphatic heterocycles. The SMILES string of the molecule is COCCOCC(N)c1ccc(OC)cc1C. The molecule has 0 amide bonds. The van der Waals surface area contributed by atoms with Crippen LogP contribution in [0.4, 0.5) is 0 Å². The molecule has 2 N–H and O–H groups in total. The summed E-state index contributed by atoms with van der Waals surface area (Å²) in [5, 5.41) is 0. The molecule has 96 valence electrons. The molecule has 1 rings (SSSR count). The topological polar surface area (TPSA) is 53.7 Å². The van der Waals surface area contributed by atoms with Crippen molar-refractivity contribution in [2.24, 2.45) is 5.73 Å². The van der Waals surface area contributed by atoms with E-state index in [-0.39, 0.29) is 6.04 Å². The minimum absolute atomic E-state index is 0.113. The third-order valence-corrected chi connectivity index (χ3v) is 2.61. The van der Waals surface area contributed by atoms with Gasteiger partial charge in [0.1, 0.15) is 5.75 Å². The first-order valence-corrected chi connectivity index (χ1v) is 5.65. The van der Waals surface area contributed by atoms with Crippen LogP contribution in [0.15, 0.2) is 18.2 Å². The summed E-state index contributed by atoms with van der Waals surface area (Å²) in [6.07, 6.45) is 0. The monoisotopic (exact) mass is 239 g/mol. The highest BCUT2D eigenvalue weighted by atomic mass is 16.5. The molecule has 0 spiro atoms. The summed E-state index contributed by atoms with van der Waals surface area (Å²) in [7, 11) is 3.30. The Hall–Kier alpha value is -1.10. The van der Waals surface area contributed by atoms with Gasteiger partial charge < -0.3 is 19.9 Å². The van der Waals surface area contributed by atoms with Crippen LogP contribution in [-0.2, 0) is 9.47 Å². The van der Waals surface area contributed by atoms with Gasteiger partial charge in [-0.2, -0.15) is 0 Å². The summed E-state index contributed by atoms with van der Waals surface area (Å²) < 4.78 is 15.5. The third-order valence-electron chi connectivity index (χ3n) is 2.61. The van der Waals surface area contributed by atoms with Gasteiger partial charge in [0, 0.05) is 7.11 Å². The highest BCUT2D eigenvalue weighted by molar-refractivity contribution is 5.36. The van der Waals surface area contributed by atoms with Gasteiger partial charge in [0.05, 0.1) is 33.0 Å². The first-order valence-electron chi connectivity index (χ1n) is 5.65. The Labute approximate surface area is 103 Å². The van der Waals surface area contributed by atoms with Crippen molar-refractivity contribution in [2.45, 2.75) is 13.0 Å². The predicted octanol–water partition coefficient (Wildman–Crippen LogP) is 1.67. The van der Waals surface area contributed by atoms with Crippen LogP contribution >= 0.6 is 0 Å². The number of hydrogen-bond donors (Lipinski definition) is 1. The molecule has 0 bridgehead atoms. The van der Waals surface area contributed by atoms with Crippen molar-refractivity contribution >= 4 is 0 Å². The fourth-order valence-corrected chi connectivity index (χ4v) is 1.63. The minimum Gasteiger partial charge on any atom is -0.497 e. The van der Waals surface area contributed by atoms with Gasteiger partial charge >= 0.3 is 0 Å². The van der Waals surface area contributed by atoms with Crippen molar-refractivity contribution in [3.8, 4) is 5.75 Å². The molecule has 1 aromatic rings. The van der Waals surface area contributed by atoms with E-state index in [2.05, 4.69) is 0 Å². The van der Waals surface area contributed by atoms with Crippen molar-refractivity contribution < 1.29 is 14.2 Å². The lowest BCUT2D eigenvalue weighted by molar-refractivity contribution is 0.0635. The van der Waals surface area contributed by atoms with Crippen LogP contribution in [0.3, 0.4) is 0 Å². The fraction of sp³-hybridized carbons (Fsp3) is 0.538. The molecule has 1 unspecified atom stereocenters. The van der Waals surface area contributed by atoms with E-state index in [1.807, 2.05) is 25.1 Å². The molecule has 4 heteroatoms. The van der Waals surface area contributed by atoms with Crippen molar-refractivity contribution in [1.82, 2.24) is 0 Å². The van der Waals surface area contributed by atoms with Crippen LogP contribution in [0.2, 0.25) is 0 Å². The van der Waals surface area contributed by atoms with Gasteiger partial charge in [0.25, 0.3) is 0 Å². The lowest BCUT2D eigenvalue weighted by Gasteiger charge is -2.15. The van der Waals surface area contributed by atoms with E-state index in [1.165, 1.54) is 0 Å². The van der Waals surface area contributed by atoms with Gasteiger partial charge in [-0.3, -0.25) is 0 Å². The van der Waals surface area contributed by atoms with Crippen molar-refractivity contribution in [1.29, 1.82) is 0 Å². The Morgan fingerprint density at radius 2 is 2.00 bits per heavy atom. The molecule has 0 saturated carbocycles. The summed E-state index contributed by atoms with van der Waals surface area (Å²) in [6, 6.07) is 5.76. The van der Waals surface area contributed by atoms with E-state index in [1.54, 1.807) is 14.2 Å². The van der Waals surface area contributed by atoms with E-state index in [0.717, 1.165) is 16.9 Å². The molecule has 0 aliphatic rings. The molecule has 0 fully saturated rings. The number of hydrogen-bond acceptors (Lipinski definition) is 4. The zero-order valence-electron chi connectivity index (χ0n) is 10.7. The van der Waals surface area contributed by atoms with E-state index < -0.39 is 0 Å². The van der Waals surface area contributed by atoms with Crippen molar-refractivity contribution in [2.75, 3.05) is 34.0 Å². The minimum atomic E-state index is -0.113. The van der Waals surface area contributed by atoms with Gasteiger partial charge in [-0.15, -0.1) is 0 Å². The summed E-state index contributed by atoms with van der Waals surface area (Å²) in [5.41, 5.74) is 8.27. The van der Waals surface area contributed by atoms with E-state index in [9.17, 15) is 0 Å². The van der Waals surface area contributed by atoms with E-state index in [0.29, 0.717) is 19.8 Å². The molecule has 1 aromatic carbocycles. The highest BCUT2D eigenvalue weighted by Gasteiger charge is 2.09. The number of aryl methyl sites for hydroxylation is 1. The molecular formula is C13H21NO3. The standard InChI is InChI=1S/C13H21NO3/c1-10-8-11(16-3)4-5-12(10)13(14)9-17-7-6-15-2/h4-5,8,13H,6-7,9,14H2,1-3H3. The van der Waals surface area contributed by atoms with E-state index >= 15 is 0 Å². The largest absolute Gasteiger partial charge is 0.497 e. The Morgan fingerprint density at radius 1 is 1.24 bits per heavy atom. The average Bonchev–Trinajstić information content (AvgIpc) is 2.34. The van der Waals surface area contributed by atoms with Crippen LogP contribution in [0.25, 0.3) is 0 Å². The number of rotatable bonds is 7. The second-order valence-corrected chi connectivity index (χ2v) is 3.90. The maximum atomic E-state index is 6.06. The Bertz CT molecular complexity index is 341. The Morgan fingerprint density at radius 3 is 2.59 bits per heavy atom. The highest BCUT2D eigenvalue weighted by Crippen LogP contribution is 2.21. The normalized spacial score (nSPS) is 12.5. The predicted molar refractivity (Wildman–Crippen MR) is 67.4 cm³/mol. The van der Waals surface area contributed by atoms with Gasteiger partial charge in [0.2, 0.25) is 0 Å². The second-order valence-electron chi connectivity index (χ2n) is 3.90. The first kappa shape index (κ1) is 14.0. The number of benzene rings is 1. The number of ether oxygens (including phenoxy) is 3. The van der Waals surface area contributed by atoms with Crippen molar-refractivity contribution in [3.05, 3.63) is 29.3 Å². The van der Waals surface area contributed by atoms with Crippen LogP contribution in [0.5, 0.6) is 5.75 Å². The molecule has 0 aromatic heterocycles. The number of nitrogens with two attached hydrogens (primary N) is 1. The molecule has 0 radical (unpaired) electrons. The van der Waals surface area contributed by atoms with Gasteiger partial charge in [-0.05, 0) is 30.2 Å². The van der Waals surface area contributed by atoms with Gasteiger partial charge in [0.15, 0.2) is 0 Å². The van der Waals surface area contributed by atoms with Crippen LogP contribution in [0, 0.1) is 6.92 Å². The quantitative estimate of drug-likeness (QED) is 0.735. The lowest BCUT2D eigenvalue weighted by Crippen LogP contribution is -2.19. The third kappa shape index (κ3) is 4.34.